The molecule has 12 rings (SSSR count). The molecule has 10 aromatic rings. The second-order valence-electron chi connectivity index (χ2n) is 13.6. The van der Waals surface area contributed by atoms with Crippen LogP contribution in [0.5, 0.6) is 0 Å². The number of hydrogen-bond donors (Lipinski definition) is 0. The van der Waals surface area contributed by atoms with Crippen LogP contribution in [-0.2, 0) is 556 Å². The molecule has 0 saturated carbocycles. The van der Waals surface area contributed by atoms with Gasteiger partial charge in [-0.1, -0.05) is 148 Å². The molecule has 303 valence electrons. The van der Waals surface area contributed by atoms with Crippen molar-refractivity contribution >= 4 is 132 Å². The van der Waals surface area contributed by atoms with Crippen molar-refractivity contribution in [1.82, 2.24) is 0 Å². The van der Waals surface area contributed by atoms with Gasteiger partial charge >= 0.3 is 0 Å². The summed E-state index contributed by atoms with van der Waals surface area (Å²) in [6, 6.07) is 54.4. The fraction of sp³-hybridized carbons (Fsp3) is 0. The molecular formula is C48H25Br3Cl2Y17. The summed E-state index contributed by atoms with van der Waals surface area (Å²) in [4.78, 5) is 0. The number of rotatable bonds is 0. The minimum absolute atomic E-state index is 0. The zero-order chi connectivity index (χ0) is 36.0. The van der Waals surface area contributed by atoms with E-state index in [2.05, 4.69) is 172 Å². The molecule has 0 bridgehead atoms. The monoisotopic (exact) mass is 2420 g/mol. The Hall–Kier alpha value is 14.5. The van der Waals surface area contributed by atoms with Crippen molar-refractivity contribution in [2.24, 2.45) is 0 Å². The van der Waals surface area contributed by atoms with E-state index in [-0.39, 0.29) is 556 Å². The third-order valence-corrected chi connectivity index (χ3v) is 12.1. The Labute approximate surface area is 873 Å². The van der Waals surface area contributed by atoms with Crippen LogP contribution in [0.1, 0.15) is 0 Å². The Morgan fingerprint density at radius 1 is 0.243 bits per heavy atom. The van der Waals surface area contributed by atoms with Crippen LogP contribution in [0.4, 0.5) is 0 Å². The van der Waals surface area contributed by atoms with E-state index in [1.807, 2.05) is 24.3 Å². The molecule has 0 fully saturated rings. The minimum Gasteiger partial charge on any atom is -0.0843 e. The third-order valence-electron chi connectivity index (χ3n) is 11.0. The van der Waals surface area contributed by atoms with E-state index in [0.29, 0.717) is 0 Å². The Morgan fingerprint density at radius 2 is 0.571 bits per heavy atom. The topological polar surface area (TPSA) is 0 Å². The van der Waals surface area contributed by atoms with Gasteiger partial charge in [0.15, 0.2) is 0 Å². The van der Waals surface area contributed by atoms with Crippen LogP contribution in [0.3, 0.4) is 0 Å². The molecule has 0 spiro atoms. The molecule has 0 unspecified atom stereocenters. The van der Waals surface area contributed by atoms with Gasteiger partial charge in [-0.15, -0.1) is 0 Å². The molecule has 70 heavy (non-hydrogen) atoms. The smallest absolute Gasteiger partial charge is 0.0412 e. The van der Waals surface area contributed by atoms with Gasteiger partial charge in [0.25, 0.3) is 0 Å². The number of fused-ring (bicyclic) bond motifs is 14. The van der Waals surface area contributed by atoms with Crippen LogP contribution >= 0.6 is 67.4 Å². The fourth-order valence-corrected chi connectivity index (χ4v) is 9.73. The molecule has 2 aliphatic carbocycles. The molecule has 0 saturated heterocycles. The molecule has 0 nitrogen and oxygen atoms in total. The van der Waals surface area contributed by atoms with Crippen LogP contribution in [-0.4, -0.2) is 0 Å². The number of benzene rings is 10. The van der Waals surface area contributed by atoms with Crippen molar-refractivity contribution in [3.8, 4) is 44.5 Å². The zero-order valence-electron chi connectivity index (χ0n) is 37.6. The Balaban J connectivity index is -0.000000143. The van der Waals surface area contributed by atoms with E-state index in [9.17, 15) is 0 Å². The van der Waals surface area contributed by atoms with Gasteiger partial charge in [0, 0.05) is 599 Å². The molecule has 0 N–H and O–H groups in total. The number of halogens is 5. The number of hydrogen-bond acceptors (Lipinski definition) is 0. The van der Waals surface area contributed by atoms with E-state index in [1.54, 1.807) is 0 Å². The second-order valence-corrected chi connectivity index (χ2v) is 15.3. The van der Waals surface area contributed by atoms with Gasteiger partial charge in [-0.25, -0.2) is 0 Å². The van der Waals surface area contributed by atoms with Gasteiger partial charge < -0.3 is 0 Å². The van der Waals surface area contributed by atoms with E-state index in [1.165, 1.54) is 104 Å². The maximum absolute atomic E-state index is 6.25. The van der Waals surface area contributed by atoms with Crippen molar-refractivity contribution in [2.45, 2.75) is 0 Å². The maximum atomic E-state index is 6.25. The second kappa shape index (κ2) is 48.3. The maximum Gasteiger partial charge on any atom is 0.0412 e. The molecule has 10 aromatic carbocycles. The van der Waals surface area contributed by atoms with Crippen LogP contribution in [0.2, 0.25) is 10.0 Å². The minimum atomic E-state index is 0. The summed E-state index contributed by atoms with van der Waals surface area (Å²) in [7, 11) is 0. The summed E-state index contributed by atoms with van der Waals surface area (Å²) in [5.74, 6) is 0. The van der Waals surface area contributed by atoms with Gasteiger partial charge in [-0.05, 0) is 152 Å². The SMILES string of the molecule is BrBr.Clc1ccc2c(c1)c(Br)cc1c3cccc4c3c(cc21)-c1ccccc1-4.Clc1ccc2c(ccc3c4cccc5c4c(cc23)-c2ccccc2-5)c1.[Y].[Y].[Y].[Y].[Y].[Y].[Y].[Y].[Y].[Y].[Y].[Y].[Y].[Y].[Y].[Y].[Y]. The van der Waals surface area contributed by atoms with Crippen molar-refractivity contribution in [2.75, 3.05) is 0 Å². The van der Waals surface area contributed by atoms with Crippen LogP contribution in [0, 0.1) is 0 Å². The first-order valence-electron chi connectivity index (χ1n) is 17.2. The average molecular weight is 2420 g/mol. The summed E-state index contributed by atoms with van der Waals surface area (Å²) >= 11 is 21.7. The van der Waals surface area contributed by atoms with Crippen molar-refractivity contribution in [3.63, 3.8) is 0 Å². The first-order valence-corrected chi connectivity index (χ1v) is 22.5. The molecule has 0 aromatic heterocycles. The van der Waals surface area contributed by atoms with E-state index in [4.69, 9.17) is 23.2 Å². The predicted octanol–water partition coefficient (Wildman–Crippen LogP) is 17.3. The molecule has 2 aliphatic rings. The van der Waals surface area contributed by atoms with Crippen molar-refractivity contribution in [3.05, 3.63) is 166 Å². The summed E-state index contributed by atoms with van der Waals surface area (Å²) in [5, 5.41) is 16.9. The van der Waals surface area contributed by atoms with Gasteiger partial charge in [0.1, 0.15) is 0 Å². The normalized spacial score (nSPS) is 8.99. The Bertz CT molecular complexity index is 3240. The predicted molar refractivity (Wildman–Crippen MR) is 242 cm³/mol. The van der Waals surface area contributed by atoms with Crippen LogP contribution < -0.4 is 0 Å². The van der Waals surface area contributed by atoms with Crippen LogP contribution in [0.15, 0.2) is 156 Å². The Kier molecular flexibility index (Phi) is 69.5. The quantitative estimate of drug-likeness (QED) is 0.133. The zero-order valence-corrected chi connectivity index (χ0v) is 92.2. The van der Waals surface area contributed by atoms with Gasteiger partial charge in [0.05, 0.1) is 0 Å². The van der Waals surface area contributed by atoms with Crippen molar-refractivity contribution in [1.29, 1.82) is 0 Å². The van der Waals surface area contributed by atoms with Gasteiger partial charge in [-0.2, -0.15) is 0 Å². The van der Waals surface area contributed by atoms with Crippen LogP contribution in [0.25, 0.3) is 109 Å². The summed E-state index contributed by atoms with van der Waals surface area (Å²) in [6.45, 7) is 0. The molecule has 0 amide bonds. The third kappa shape index (κ3) is 21.6. The molecular weight excluding hydrogens is 2400 g/mol. The molecule has 0 heterocycles. The molecule has 17 radical (unpaired) electrons. The molecule has 0 atom stereocenters. The average Bonchev–Trinajstić information content (AvgIpc) is 3.70. The first-order chi connectivity index (χ1) is 26.0. The molecule has 0 aliphatic heterocycles. The van der Waals surface area contributed by atoms with Gasteiger partial charge in [0.2, 0.25) is 0 Å². The summed E-state index contributed by atoms with van der Waals surface area (Å²) in [6.07, 6.45) is 0. The summed E-state index contributed by atoms with van der Waals surface area (Å²) < 4.78 is 1.08. The van der Waals surface area contributed by atoms with E-state index in [0.717, 1.165) is 19.9 Å². The summed E-state index contributed by atoms with van der Waals surface area (Å²) in [5.41, 5.74) is 10.7. The first kappa shape index (κ1) is 101. The largest absolute Gasteiger partial charge is 0.0843 e. The Morgan fingerprint density at radius 3 is 1.03 bits per heavy atom. The standard InChI is InChI=1S/C24H12BrCl.C24H13Cl.Br2.17Y/c25-23-12-20-18-7-3-6-17-14-4-1-2-5-15(14)22(24(17)18)11-19(20)16-9-8-13(26)10-21(16)23;25-15-9-11-16-14(12-15)8-10-19-21-7-3-6-20-17-4-1-2-5-18(17)23(24(20)21)13-22(16)19;1-2;;;;;;;;;;;;;;;;;/h1-12H;1-13H;;;;;;;;;;;;;;;;;;. The van der Waals surface area contributed by atoms with E-state index >= 15 is 0 Å². The van der Waals surface area contributed by atoms with Gasteiger partial charge in [-0.3, -0.25) is 0 Å². The van der Waals surface area contributed by atoms with Crippen molar-refractivity contribution < 1.29 is 556 Å². The molecule has 22 heteroatoms. The fourth-order valence-electron chi connectivity index (χ4n) is 8.82. The van der Waals surface area contributed by atoms with E-state index < -0.39 is 0 Å².